The average molecular weight is 396 g/mol. The van der Waals surface area contributed by atoms with Gasteiger partial charge in [0, 0.05) is 42.4 Å². The number of piperidine rings is 1. The number of likely N-dealkylation sites (N-methyl/N-ethyl adjacent to an activating group) is 1. The minimum absolute atomic E-state index is 0.270. The van der Waals surface area contributed by atoms with E-state index in [9.17, 15) is 12.8 Å². The molecular formula is C19H26FN3O3S. The SMILES string of the molecule is C=CS(=O)(=O)N(CC)CCN1CCC(c2noc3cc(F)c(C)cc23)CC1. The number of fused-ring (bicyclic) bond motifs is 1. The van der Waals surface area contributed by atoms with Gasteiger partial charge in [0.1, 0.15) is 5.82 Å². The molecule has 0 radical (unpaired) electrons. The molecule has 0 bridgehead atoms. The van der Waals surface area contributed by atoms with Gasteiger partial charge in [0.2, 0.25) is 10.0 Å². The zero-order valence-electron chi connectivity index (χ0n) is 15.8. The van der Waals surface area contributed by atoms with Crippen molar-refractivity contribution in [1.82, 2.24) is 14.4 Å². The van der Waals surface area contributed by atoms with Crippen LogP contribution in [0.4, 0.5) is 4.39 Å². The first-order chi connectivity index (χ1) is 12.9. The van der Waals surface area contributed by atoms with Gasteiger partial charge < -0.3 is 9.42 Å². The molecule has 1 saturated heterocycles. The first-order valence-corrected chi connectivity index (χ1v) is 10.8. The summed E-state index contributed by atoms with van der Waals surface area (Å²) in [6.07, 6.45) is 1.83. The average Bonchev–Trinajstić information content (AvgIpc) is 3.05. The molecule has 27 heavy (non-hydrogen) atoms. The lowest BCUT2D eigenvalue weighted by Crippen LogP contribution is -2.40. The summed E-state index contributed by atoms with van der Waals surface area (Å²) in [5.41, 5.74) is 1.98. The van der Waals surface area contributed by atoms with E-state index in [4.69, 9.17) is 4.52 Å². The number of halogens is 1. The van der Waals surface area contributed by atoms with Gasteiger partial charge in [-0.25, -0.2) is 12.8 Å². The summed E-state index contributed by atoms with van der Waals surface area (Å²) in [5.74, 6) is -0.0125. The molecule has 0 spiro atoms. The highest BCUT2D eigenvalue weighted by Crippen LogP contribution is 2.33. The standard InChI is InChI=1S/C19H26FN3O3S/c1-4-23(27(24,25)5-2)11-10-22-8-6-15(7-9-22)19-16-12-14(3)17(20)13-18(16)26-21-19/h5,12-13,15H,2,4,6-11H2,1,3H3. The van der Waals surface area contributed by atoms with Crippen molar-refractivity contribution in [2.75, 3.05) is 32.7 Å². The lowest BCUT2D eigenvalue weighted by Gasteiger charge is -2.32. The van der Waals surface area contributed by atoms with Crippen molar-refractivity contribution in [3.63, 3.8) is 0 Å². The zero-order valence-corrected chi connectivity index (χ0v) is 16.6. The van der Waals surface area contributed by atoms with Gasteiger partial charge in [-0.1, -0.05) is 18.7 Å². The van der Waals surface area contributed by atoms with Crippen LogP contribution < -0.4 is 0 Å². The number of rotatable bonds is 7. The van der Waals surface area contributed by atoms with Gasteiger partial charge >= 0.3 is 0 Å². The van der Waals surface area contributed by atoms with Crippen LogP contribution in [-0.2, 0) is 10.0 Å². The third kappa shape index (κ3) is 4.23. The molecule has 3 rings (SSSR count). The fraction of sp³-hybridized carbons (Fsp3) is 0.526. The van der Waals surface area contributed by atoms with E-state index < -0.39 is 10.0 Å². The molecule has 8 heteroatoms. The lowest BCUT2D eigenvalue weighted by molar-refractivity contribution is 0.198. The lowest BCUT2D eigenvalue weighted by atomic mass is 9.91. The second-order valence-electron chi connectivity index (χ2n) is 6.98. The van der Waals surface area contributed by atoms with E-state index in [0.717, 1.165) is 42.4 Å². The first-order valence-electron chi connectivity index (χ1n) is 9.26. The number of likely N-dealkylation sites (tertiary alicyclic amines) is 1. The van der Waals surface area contributed by atoms with Crippen LogP contribution in [0.2, 0.25) is 0 Å². The summed E-state index contributed by atoms with van der Waals surface area (Å²) in [4.78, 5) is 2.27. The molecule has 0 N–H and O–H groups in total. The van der Waals surface area contributed by atoms with Crippen LogP contribution in [0.1, 0.15) is 36.9 Å². The van der Waals surface area contributed by atoms with E-state index in [1.165, 1.54) is 10.4 Å². The van der Waals surface area contributed by atoms with E-state index in [1.54, 1.807) is 6.92 Å². The van der Waals surface area contributed by atoms with Gasteiger partial charge in [-0.05, 0) is 44.5 Å². The Hall–Kier alpha value is -1.77. The fourth-order valence-electron chi connectivity index (χ4n) is 3.63. The van der Waals surface area contributed by atoms with Crippen molar-refractivity contribution in [2.24, 2.45) is 0 Å². The molecule has 0 amide bonds. The molecule has 6 nitrogen and oxygen atoms in total. The number of sulfonamides is 1. The Labute approximate surface area is 159 Å². The molecular weight excluding hydrogens is 369 g/mol. The third-order valence-corrected chi connectivity index (χ3v) is 6.92. The predicted octanol–water partition coefficient (Wildman–Crippen LogP) is 3.25. The second kappa shape index (κ2) is 8.08. The summed E-state index contributed by atoms with van der Waals surface area (Å²) >= 11 is 0. The molecule has 148 valence electrons. The Bertz CT molecular complexity index is 918. The summed E-state index contributed by atoms with van der Waals surface area (Å²) in [6, 6.07) is 3.21. The van der Waals surface area contributed by atoms with Crippen LogP contribution in [0, 0.1) is 12.7 Å². The highest BCUT2D eigenvalue weighted by molar-refractivity contribution is 7.92. The smallest absolute Gasteiger partial charge is 0.235 e. The second-order valence-corrected chi connectivity index (χ2v) is 8.86. The molecule has 1 fully saturated rings. The van der Waals surface area contributed by atoms with Crippen molar-refractivity contribution in [3.05, 3.63) is 41.2 Å². The van der Waals surface area contributed by atoms with Crippen molar-refractivity contribution < 1.29 is 17.3 Å². The van der Waals surface area contributed by atoms with E-state index in [2.05, 4.69) is 16.6 Å². The molecule has 0 saturated carbocycles. The van der Waals surface area contributed by atoms with Crippen molar-refractivity contribution >= 4 is 21.0 Å². The molecule has 1 aromatic heterocycles. The normalized spacial score (nSPS) is 17.0. The highest BCUT2D eigenvalue weighted by atomic mass is 32.2. The van der Waals surface area contributed by atoms with E-state index in [-0.39, 0.29) is 11.7 Å². The Balaban J connectivity index is 1.61. The number of benzene rings is 1. The topological polar surface area (TPSA) is 66.7 Å². The molecule has 2 aromatic rings. The fourth-order valence-corrected chi connectivity index (χ4v) is 4.54. The summed E-state index contributed by atoms with van der Waals surface area (Å²) in [6.45, 7) is 10.3. The maximum Gasteiger partial charge on any atom is 0.235 e. The van der Waals surface area contributed by atoms with Crippen LogP contribution in [0.15, 0.2) is 28.6 Å². The van der Waals surface area contributed by atoms with Gasteiger partial charge in [0.15, 0.2) is 5.58 Å². The summed E-state index contributed by atoms with van der Waals surface area (Å²) < 4.78 is 44.3. The maximum atomic E-state index is 13.7. The summed E-state index contributed by atoms with van der Waals surface area (Å²) in [7, 11) is -3.37. The molecule has 1 aliphatic rings. The van der Waals surface area contributed by atoms with Gasteiger partial charge in [-0.2, -0.15) is 4.31 Å². The number of nitrogens with zero attached hydrogens (tertiary/aromatic N) is 3. The van der Waals surface area contributed by atoms with Crippen LogP contribution in [0.3, 0.4) is 0 Å². The van der Waals surface area contributed by atoms with Crippen LogP contribution in [0.25, 0.3) is 11.0 Å². The number of aryl methyl sites for hydroxylation is 1. The first kappa shape index (κ1) is 20.0. The summed E-state index contributed by atoms with van der Waals surface area (Å²) in [5, 5.41) is 6.09. The minimum atomic E-state index is -3.37. The predicted molar refractivity (Wildman–Crippen MR) is 103 cm³/mol. The van der Waals surface area contributed by atoms with Crippen molar-refractivity contribution in [2.45, 2.75) is 32.6 Å². The Kier molecular flexibility index (Phi) is 5.98. The van der Waals surface area contributed by atoms with Gasteiger partial charge in [-0.3, -0.25) is 0 Å². The molecule has 0 atom stereocenters. The number of hydrogen-bond donors (Lipinski definition) is 0. The Morgan fingerprint density at radius 2 is 2.11 bits per heavy atom. The quantitative estimate of drug-likeness (QED) is 0.720. The number of aromatic nitrogens is 1. The Morgan fingerprint density at radius 3 is 2.74 bits per heavy atom. The molecule has 1 aliphatic heterocycles. The molecule has 1 aromatic carbocycles. The van der Waals surface area contributed by atoms with Crippen LogP contribution in [0.5, 0.6) is 0 Å². The minimum Gasteiger partial charge on any atom is -0.356 e. The van der Waals surface area contributed by atoms with Gasteiger partial charge in [-0.15, -0.1) is 0 Å². The van der Waals surface area contributed by atoms with E-state index in [1.807, 2.05) is 13.0 Å². The van der Waals surface area contributed by atoms with E-state index >= 15 is 0 Å². The van der Waals surface area contributed by atoms with Gasteiger partial charge in [0.25, 0.3) is 0 Å². The molecule has 0 unspecified atom stereocenters. The van der Waals surface area contributed by atoms with Crippen molar-refractivity contribution in [1.29, 1.82) is 0 Å². The van der Waals surface area contributed by atoms with E-state index in [0.29, 0.717) is 30.8 Å². The largest absolute Gasteiger partial charge is 0.356 e. The maximum absolute atomic E-state index is 13.7. The highest BCUT2D eigenvalue weighted by Gasteiger charge is 2.26. The van der Waals surface area contributed by atoms with Crippen LogP contribution in [-0.4, -0.2) is 55.5 Å². The van der Waals surface area contributed by atoms with Gasteiger partial charge in [0.05, 0.1) is 5.69 Å². The van der Waals surface area contributed by atoms with Crippen molar-refractivity contribution in [3.8, 4) is 0 Å². The Morgan fingerprint density at radius 1 is 1.41 bits per heavy atom. The third-order valence-electron chi connectivity index (χ3n) is 5.34. The monoisotopic (exact) mass is 395 g/mol. The molecule has 2 heterocycles. The molecule has 0 aliphatic carbocycles. The zero-order chi connectivity index (χ0) is 19.6. The number of hydrogen-bond acceptors (Lipinski definition) is 5. The van der Waals surface area contributed by atoms with Crippen LogP contribution >= 0.6 is 0 Å².